The molecule has 0 saturated heterocycles. The molecule has 3 aromatic carbocycles. The van der Waals surface area contributed by atoms with Crippen molar-refractivity contribution in [3.63, 3.8) is 0 Å². The molecule has 1 aliphatic rings. The summed E-state index contributed by atoms with van der Waals surface area (Å²) in [5.41, 5.74) is 3.77. The van der Waals surface area contributed by atoms with Crippen LogP contribution in [0.4, 0.5) is 8.78 Å². The molecule has 0 radical (unpaired) electrons. The van der Waals surface area contributed by atoms with Crippen molar-refractivity contribution in [3.05, 3.63) is 134 Å². The van der Waals surface area contributed by atoms with Gasteiger partial charge in [-0.15, -0.1) is 0 Å². The van der Waals surface area contributed by atoms with Crippen molar-refractivity contribution in [2.24, 2.45) is 0 Å². The molecule has 1 atom stereocenters. The third-order valence-corrected chi connectivity index (χ3v) is 8.57. The summed E-state index contributed by atoms with van der Waals surface area (Å²) in [5.74, 6) is -4.20. The second kappa shape index (κ2) is 13.3. The van der Waals surface area contributed by atoms with Crippen molar-refractivity contribution in [1.82, 2.24) is 25.2 Å². The Kier molecular flexibility index (Phi) is 9.01. The Morgan fingerprint density at radius 3 is 2.54 bits per heavy atom. The first kappa shape index (κ1) is 32.5. The van der Waals surface area contributed by atoms with Gasteiger partial charge in [0.05, 0.1) is 30.5 Å². The van der Waals surface area contributed by atoms with Gasteiger partial charge in [-0.3, -0.25) is 14.4 Å². The van der Waals surface area contributed by atoms with Gasteiger partial charge in [-0.25, -0.2) is 23.1 Å². The number of nitrogens with zero attached hydrogens (tertiary/aromatic N) is 3. The third-order valence-electron chi connectivity index (χ3n) is 8.33. The number of halogens is 3. The highest BCUT2D eigenvalue weighted by atomic mass is 35.5. The topological polar surface area (TPSA) is 132 Å². The molecule has 2 heterocycles. The number of rotatable bonds is 9. The van der Waals surface area contributed by atoms with Crippen LogP contribution in [-0.2, 0) is 24.1 Å². The Bertz CT molecular complexity index is 2130. The lowest BCUT2D eigenvalue weighted by molar-refractivity contribution is 0.0599. The molecule has 13 heteroatoms. The Hall–Kier alpha value is -5.49. The van der Waals surface area contributed by atoms with Crippen molar-refractivity contribution in [1.29, 1.82) is 0 Å². The van der Waals surface area contributed by atoms with E-state index in [2.05, 4.69) is 20.7 Å². The van der Waals surface area contributed by atoms with E-state index in [0.29, 0.717) is 34.6 Å². The van der Waals surface area contributed by atoms with Gasteiger partial charge in [0.1, 0.15) is 11.4 Å². The number of amides is 2. The molecule has 0 aliphatic heterocycles. The van der Waals surface area contributed by atoms with Crippen LogP contribution in [0.5, 0.6) is 0 Å². The molecule has 0 unspecified atom stereocenters. The summed E-state index contributed by atoms with van der Waals surface area (Å²) in [6, 6.07) is 14.3. The Morgan fingerprint density at radius 2 is 1.79 bits per heavy atom. The fourth-order valence-electron chi connectivity index (χ4n) is 5.88. The molecule has 0 fully saturated rings. The number of esters is 1. The Morgan fingerprint density at radius 1 is 0.979 bits per heavy atom. The number of carbonyl (C=O) groups is 4. The SMILES string of the molecule is COC(=O)c1ccc2c(c1C)CC[C@@H]2NC(=O)c1cc(C(=O)NCc2ccc(F)c(F)c2)nc2c(C(=O)Cc3cccc(Cl)c3)cnn12. The van der Waals surface area contributed by atoms with E-state index in [1.54, 1.807) is 36.4 Å². The predicted octanol–water partition coefficient (Wildman–Crippen LogP) is 5.53. The predicted molar refractivity (Wildman–Crippen MR) is 171 cm³/mol. The van der Waals surface area contributed by atoms with Crippen LogP contribution in [0, 0.1) is 18.6 Å². The molecule has 2 N–H and O–H groups in total. The summed E-state index contributed by atoms with van der Waals surface area (Å²) in [5, 5.41) is 10.4. The molecule has 1 aliphatic carbocycles. The first-order valence-electron chi connectivity index (χ1n) is 14.9. The maximum absolute atomic E-state index is 13.9. The minimum atomic E-state index is -1.06. The number of ether oxygens (including phenoxy) is 1. The molecule has 10 nitrogen and oxygen atoms in total. The molecule has 2 aromatic heterocycles. The highest BCUT2D eigenvalue weighted by Crippen LogP contribution is 2.35. The van der Waals surface area contributed by atoms with Gasteiger partial charge in [0.25, 0.3) is 11.8 Å². The lowest BCUT2D eigenvalue weighted by Crippen LogP contribution is -2.31. The summed E-state index contributed by atoms with van der Waals surface area (Å²) in [6.45, 7) is 1.68. The second-order valence-corrected chi connectivity index (χ2v) is 11.8. The molecule has 2 amide bonds. The van der Waals surface area contributed by atoms with Crippen LogP contribution in [0.3, 0.4) is 0 Å². The van der Waals surface area contributed by atoms with Crippen LogP contribution in [0.15, 0.2) is 66.9 Å². The quantitative estimate of drug-likeness (QED) is 0.156. The minimum absolute atomic E-state index is 0.0157. The van der Waals surface area contributed by atoms with E-state index >= 15 is 0 Å². The molecule has 0 spiro atoms. The van der Waals surface area contributed by atoms with Crippen molar-refractivity contribution in [2.45, 2.75) is 38.8 Å². The van der Waals surface area contributed by atoms with Gasteiger partial charge in [-0.05, 0) is 77.9 Å². The number of methoxy groups -OCH3 is 1. The number of nitrogens with one attached hydrogen (secondary N) is 2. The summed E-state index contributed by atoms with van der Waals surface area (Å²) in [7, 11) is 1.32. The van der Waals surface area contributed by atoms with Gasteiger partial charge in [0.2, 0.25) is 0 Å². The van der Waals surface area contributed by atoms with E-state index in [4.69, 9.17) is 16.3 Å². The summed E-state index contributed by atoms with van der Waals surface area (Å²) in [4.78, 5) is 57.3. The van der Waals surface area contributed by atoms with E-state index in [1.165, 1.54) is 30.0 Å². The maximum atomic E-state index is 13.9. The first-order chi connectivity index (χ1) is 23.0. The zero-order chi connectivity index (χ0) is 34.1. The van der Waals surface area contributed by atoms with Crippen molar-refractivity contribution < 1.29 is 32.7 Å². The number of carbonyl (C=O) groups excluding carboxylic acids is 4. The monoisotopic (exact) mass is 671 g/mol. The van der Waals surface area contributed by atoms with Gasteiger partial charge < -0.3 is 15.4 Å². The molecular weight excluding hydrogens is 644 g/mol. The van der Waals surface area contributed by atoms with E-state index in [0.717, 1.165) is 28.8 Å². The summed E-state index contributed by atoms with van der Waals surface area (Å²) >= 11 is 6.10. The number of ketones is 1. The van der Waals surface area contributed by atoms with E-state index in [9.17, 15) is 28.0 Å². The van der Waals surface area contributed by atoms with Gasteiger partial charge in [0.15, 0.2) is 23.1 Å². The Labute approximate surface area is 278 Å². The average molecular weight is 672 g/mol. The number of Topliss-reactive ketones (excluding diaryl/α,β-unsaturated/α-hetero) is 1. The molecule has 244 valence electrons. The highest BCUT2D eigenvalue weighted by Gasteiger charge is 2.30. The van der Waals surface area contributed by atoms with Crippen LogP contribution in [0.2, 0.25) is 5.02 Å². The lowest BCUT2D eigenvalue weighted by Gasteiger charge is -2.16. The zero-order valence-electron chi connectivity index (χ0n) is 25.8. The van der Waals surface area contributed by atoms with Crippen LogP contribution >= 0.6 is 11.6 Å². The molecule has 5 aromatic rings. The lowest BCUT2D eigenvalue weighted by atomic mass is 9.98. The number of benzene rings is 3. The number of aromatic nitrogens is 3. The zero-order valence-corrected chi connectivity index (χ0v) is 26.5. The van der Waals surface area contributed by atoms with Crippen molar-refractivity contribution >= 4 is 40.8 Å². The van der Waals surface area contributed by atoms with Crippen molar-refractivity contribution in [2.75, 3.05) is 7.11 Å². The molecule has 0 saturated carbocycles. The smallest absolute Gasteiger partial charge is 0.338 e. The van der Waals surface area contributed by atoms with E-state index in [1.807, 2.05) is 6.92 Å². The van der Waals surface area contributed by atoms with Crippen molar-refractivity contribution in [3.8, 4) is 0 Å². The van der Waals surface area contributed by atoms with Gasteiger partial charge in [-0.2, -0.15) is 5.10 Å². The summed E-state index contributed by atoms with van der Waals surface area (Å²) < 4.78 is 33.2. The normalized spacial score (nSPS) is 13.6. The Balaban J connectivity index is 1.33. The highest BCUT2D eigenvalue weighted by molar-refractivity contribution is 6.30. The number of hydrogen-bond donors (Lipinski definition) is 2. The molecular formula is C35H28ClF2N5O5. The minimum Gasteiger partial charge on any atom is -0.465 e. The molecule has 6 rings (SSSR count). The standard InChI is InChI=1S/C35H28ClF2N5O5/c1-18-22-9-11-28(24(22)8-7-23(18)35(47)48-2)42-34(46)30-15-29(33(45)39-16-20-6-10-26(37)27(38)13-20)41-32-25(17-40-43(30)32)31(44)14-19-4-3-5-21(36)12-19/h3-8,10,12-13,15,17,28H,9,11,14,16H2,1-2H3,(H,39,45)(H,42,46)/t28-/m0/s1. The molecule has 48 heavy (non-hydrogen) atoms. The fraction of sp³-hybridized carbons (Fsp3) is 0.200. The first-order valence-corrected chi connectivity index (χ1v) is 15.3. The van der Waals surface area contributed by atoms with E-state index < -0.39 is 35.5 Å². The maximum Gasteiger partial charge on any atom is 0.338 e. The average Bonchev–Trinajstić information content (AvgIpc) is 3.69. The molecule has 0 bridgehead atoms. The van der Waals surface area contributed by atoms with Gasteiger partial charge in [0, 0.05) is 24.1 Å². The van der Waals surface area contributed by atoms with Crippen LogP contribution in [-0.4, -0.2) is 45.3 Å². The van der Waals surface area contributed by atoms with Crippen LogP contribution < -0.4 is 10.6 Å². The third kappa shape index (κ3) is 6.39. The van der Waals surface area contributed by atoms with E-state index in [-0.39, 0.29) is 41.3 Å². The van der Waals surface area contributed by atoms with Gasteiger partial charge in [-0.1, -0.05) is 35.9 Å². The largest absolute Gasteiger partial charge is 0.465 e. The number of hydrogen-bond acceptors (Lipinski definition) is 7. The van der Waals surface area contributed by atoms with Crippen LogP contribution in [0.25, 0.3) is 5.65 Å². The van der Waals surface area contributed by atoms with Crippen LogP contribution in [0.1, 0.15) is 82.0 Å². The summed E-state index contributed by atoms with van der Waals surface area (Å²) in [6.07, 6.45) is 2.43. The fourth-order valence-corrected chi connectivity index (χ4v) is 6.09. The number of fused-ring (bicyclic) bond motifs is 2. The second-order valence-electron chi connectivity index (χ2n) is 11.3. The van der Waals surface area contributed by atoms with Gasteiger partial charge >= 0.3 is 5.97 Å².